The van der Waals surface area contributed by atoms with Gasteiger partial charge in [-0.2, -0.15) is 0 Å². The molecule has 1 rings (SSSR count). The number of hydrogen-bond acceptors (Lipinski definition) is 2. The number of hydrogen-bond donors (Lipinski definition) is 2. The van der Waals surface area contributed by atoms with Crippen LogP contribution < -0.4 is 11.1 Å². The smallest absolute Gasteiger partial charge is 0.0150 e. The minimum atomic E-state index is 0.0330. The highest BCUT2D eigenvalue weighted by molar-refractivity contribution is 4.90. The van der Waals surface area contributed by atoms with Crippen LogP contribution in [0.4, 0.5) is 0 Å². The van der Waals surface area contributed by atoms with Gasteiger partial charge in [0.05, 0.1) is 0 Å². The van der Waals surface area contributed by atoms with Crippen molar-refractivity contribution in [2.45, 2.75) is 19.4 Å². The molecule has 0 amide bonds. The molecule has 0 radical (unpaired) electrons. The van der Waals surface area contributed by atoms with E-state index in [-0.39, 0.29) is 5.54 Å². The maximum atomic E-state index is 5.80. The summed E-state index contributed by atoms with van der Waals surface area (Å²) in [5.74, 6) is 0.697. The van der Waals surface area contributed by atoms with Crippen molar-refractivity contribution in [2.75, 3.05) is 13.1 Å². The first kappa shape index (κ1) is 6.05. The molecule has 0 aliphatic carbocycles. The van der Waals surface area contributed by atoms with E-state index in [1.807, 2.05) is 0 Å². The molecule has 0 saturated carbocycles. The summed E-state index contributed by atoms with van der Waals surface area (Å²) in [5, 5.41) is 3.19. The molecule has 0 atom stereocenters. The molecule has 48 valence electrons. The Morgan fingerprint density at radius 3 is 2.00 bits per heavy atom. The maximum Gasteiger partial charge on any atom is 0.0150 e. The Morgan fingerprint density at radius 1 is 1.50 bits per heavy atom. The van der Waals surface area contributed by atoms with Crippen molar-refractivity contribution in [1.82, 2.24) is 5.32 Å². The van der Waals surface area contributed by atoms with E-state index in [0.717, 1.165) is 13.1 Å². The standard InChI is InChI=1S/C6H14N2/c1-6(2,7)5-3-8-4-5/h5,8H,3-4,7H2,1-2H3. The topological polar surface area (TPSA) is 38.0 Å². The van der Waals surface area contributed by atoms with Gasteiger partial charge in [-0.05, 0) is 13.8 Å². The lowest BCUT2D eigenvalue weighted by Gasteiger charge is -2.38. The molecule has 2 heteroatoms. The molecule has 1 fully saturated rings. The van der Waals surface area contributed by atoms with Crippen molar-refractivity contribution in [3.63, 3.8) is 0 Å². The van der Waals surface area contributed by atoms with Gasteiger partial charge in [0.2, 0.25) is 0 Å². The second-order valence-corrected chi connectivity index (χ2v) is 3.18. The van der Waals surface area contributed by atoms with Crippen molar-refractivity contribution >= 4 is 0 Å². The lowest BCUT2D eigenvalue weighted by Crippen LogP contribution is -2.57. The van der Waals surface area contributed by atoms with E-state index in [9.17, 15) is 0 Å². The SMILES string of the molecule is CC(C)(N)C1CNC1. The molecule has 3 N–H and O–H groups in total. The summed E-state index contributed by atoms with van der Waals surface area (Å²) in [6.45, 7) is 6.37. The van der Waals surface area contributed by atoms with Crippen molar-refractivity contribution in [3.8, 4) is 0 Å². The first-order valence-corrected chi connectivity index (χ1v) is 3.10. The summed E-state index contributed by atoms with van der Waals surface area (Å²) in [6.07, 6.45) is 0. The summed E-state index contributed by atoms with van der Waals surface area (Å²) < 4.78 is 0. The Hall–Kier alpha value is -0.0800. The molecular weight excluding hydrogens is 100 g/mol. The van der Waals surface area contributed by atoms with Gasteiger partial charge in [0.25, 0.3) is 0 Å². The average Bonchev–Trinajstić information content (AvgIpc) is 1.16. The monoisotopic (exact) mass is 114 g/mol. The van der Waals surface area contributed by atoms with Crippen LogP contribution in [0.1, 0.15) is 13.8 Å². The number of nitrogens with two attached hydrogens (primary N) is 1. The van der Waals surface area contributed by atoms with Crippen molar-refractivity contribution in [3.05, 3.63) is 0 Å². The summed E-state index contributed by atoms with van der Waals surface area (Å²) in [4.78, 5) is 0. The molecule has 1 aliphatic heterocycles. The van der Waals surface area contributed by atoms with E-state index in [4.69, 9.17) is 5.73 Å². The third kappa shape index (κ3) is 1.01. The zero-order chi connectivity index (χ0) is 6.20. The van der Waals surface area contributed by atoms with Crippen LogP contribution in [0.2, 0.25) is 0 Å². The predicted molar refractivity (Wildman–Crippen MR) is 34.6 cm³/mol. The maximum absolute atomic E-state index is 5.80. The Kier molecular flexibility index (Phi) is 1.29. The fourth-order valence-corrected chi connectivity index (χ4v) is 0.815. The van der Waals surface area contributed by atoms with E-state index in [2.05, 4.69) is 19.2 Å². The van der Waals surface area contributed by atoms with Gasteiger partial charge in [-0.1, -0.05) is 0 Å². The van der Waals surface area contributed by atoms with E-state index >= 15 is 0 Å². The van der Waals surface area contributed by atoms with Gasteiger partial charge in [0.1, 0.15) is 0 Å². The van der Waals surface area contributed by atoms with Crippen molar-refractivity contribution < 1.29 is 0 Å². The van der Waals surface area contributed by atoms with Crippen LogP contribution in [-0.4, -0.2) is 18.6 Å². The van der Waals surface area contributed by atoms with Crippen LogP contribution in [0.25, 0.3) is 0 Å². The Labute approximate surface area is 50.4 Å². The molecule has 0 unspecified atom stereocenters. The molecule has 1 heterocycles. The zero-order valence-electron chi connectivity index (χ0n) is 5.57. The van der Waals surface area contributed by atoms with Gasteiger partial charge in [-0.15, -0.1) is 0 Å². The molecular formula is C6H14N2. The molecule has 0 aromatic carbocycles. The third-order valence-corrected chi connectivity index (χ3v) is 1.83. The Bertz CT molecular complexity index is 79.0. The van der Waals surface area contributed by atoms with Crippen LogP contribution in [0.15, 0.2) is 0 Å². The van der Waals surface area contributed by atoms with E-state index < -0.39 is 0 Å². The second kappa shape index (κ2) is 1.71. The molecule has 0 aromatic rings. The highest BCUT2D eigenvalue weighted by atomic mass is 15.0. The lowest BCUT2D eigenvalue weighted by atomic mass is 9.84. The van der Waals surface area contributed by atoms with Crippen LogP contribution in [-0.2, 0) is 0 Å². The Balaban J connectivity index is 2.34. The minimum Gasteiger partial charge on any atom is -0.325 e. The number of nitrogens with one attached hydrogen (secondary N) is 1. The fourth-order valence-electron chi connectivity index (χ4n) is 0.815. The summed E-state index contributed by atoms with van der Waals surface area (Å²) in [6, 6.07) is 0. The molecule has 0 aromatic heterocycles. The van der Waals surface area contributed by atoms with Crippen molar-refractivity contribution in [1.29, 1.82) is 0 Å². The quantitative estimate of drug-likeness (QED) is 0.501. The van der Waals surface area contributed by atoms with Gasteiger partial charge in [-0.25, -0.2) is 0 Å². The van der Waals surface area contributed by atoms with Crippen LogP contribution in [0.5, 0.6) is 0 Å². The molecule has 0 spiro atoms. The van der Waals surface area contributed by atoms with E-state index in [1.165, 1.54) is 0 Å². The fraction of sp³-hybridized carbons (Fsp3) is 1.00. The van der Waals surface area contributed by atoms with Crippen LogP contribution in [0.3, 0.4) is 0 Å². The van der Waals surface area contributed by atoms with Gasteiger partial charge < -0.3 is 11.1 Å². The van der Waals surface area contributed by atoms with Gasteiger partial charge in [0.15, 0.2) is 0 Å². The predicted octanol–water partition coefficient (Wildman–Crippen LogP) is -0.0569. The first-order valence-electron chi connectivity index (χ1n) is 3.10. The van der Waals surface area contributed by atoms with E-state index in [0.29, 0.717) is 5.92 Å². The van der Waals surface area contributed by atoms with Gasteiger partial charge in [0, 0.05) is 24.5 Å². The highest BCUT2D eigenvalue weighted by Crippen LogP contribution is 2.16. The normalized spacial score (nSPS) is 22.9. The summed E-state index contributed by atoms with van der Waals surface area (Å²) in [7, 11) is 0. The summed E-state index contributed by atoms with van der Waals surface area (Å²) >= 11 is 0. The number of rotatable bonds is 1. The average molecular weight is 114 g/mol. The molecule has 1 saturated heterocycles. The highest BCUT2D eigenvalue weighted by Gasteiger charge is 2.29. The first-order chi connectivity index (χ1) is 3.61. The van der Waals surface area contributed by atoms with Crippen LogP contribution >= 0.6 is 0 Å². The third-order valence-electron chi connectivity index (χ3n) is 1.83. The zero-order valence-corrected chi connectivity index (χ0v) is 5.57. The Morgan fingerprint density at radius 2 is 2.00 bits per heavy atom. The molecule has 8 heavy (non-hydrogen) atoms. The van der Waals surface area contributed by atoms with Crippen molar-refractivity contribution in [2.24, 2.45) is 11.7 Å². The van der Waals surface area contributed by atoms with E-state index in [1.54, 1.807) is 0 Å². The second-order valence-electron chi connectivity index (χ2n) is 3.18. The van der Waals surface area contributed by atoms with Gasteiger partial charge >= 0.3 is 0 Å². The lowest BCUT2D eigenvalue weighted by molar-refractivity contribution is 0.225. The minimum absolute atomic E-state index is 0.0330. The largest absolute Gasteiger partial charge is 0.325 e. The summed E-state index contributed by atoms with van der Waals surface area (Å²) in [5.41, 5.74) is 5.83. The van der Waals surface area contributed by atoms with Crippen LogP contribution in [0, 0.1) is 5.92 Å². The molecule has 2 nitrogen and oxygen atoms in total. The molecule has 1 aliphatic rings. The molecule has 0 bridgehead atoms. The van der Waals surface area contributed by atoms with Gasteiger partial charge in [-0.3, -0.25) is 0 Å².